The number of hydrogen-bond donors (Lipinski definition) is 3. The number of carboxylic acids is 1. The van der Waals surface area contributed by atoms with E-state index in [0.717, 1.165) is 11.3 Å². The van der Waals surface area contributed by atoms with E-state index in [4.69, 9.17) is 15.3 Å². The lowest BCUT2D eigenvalue weighted by atomic mass is 9.89. The Kier molecular flexibility index (Phi) is 8.66. The summed E-state index contributed by atoms with van der Waals surface area (Å²) >= 11 is 5.10. The number of aromatic nitrogens is 3. The Balaban J connectivity index is 1.40. The number of nitrogen functional groups attached to an aromatic ring is 1. The van der Waals surface area contributed by atoms with Gasteiger partial charge in [0.25, 0.3) is 5.91 Å². The van der Waals surface area contributed by atoms with Gasteiger partial charge >= 0.3 is 5.97 Å². The summed E-state index contributed by atoms with van der Waals surface area (Å²) in [6.45, 7) is 2.84. The second-order valence-corrected chi connectivity index (χ2v) is 11.8. The highest BCUT2D eigenvalue weighted by Gasteiger charge is 2.57. The van der Waals surface area contributed by atoms with Crippen LogP contribution in [-0.2, 0) is 24.0 Å². The van der Waals surface area contributed by atoms with E-state index in [1.165, 1.54) is 39.8 Å². The van der Waals surface area contributed by atoms with Crippen LogP contribution >= 0.6 is 46.2 Å². The minimum atomic E-state index is -1.14. The topological polar surface area (TPSA) is 182 Å². The molecule has 13 nitrogen and oxygen atoms in total. The number of hydrogen-bond acceptors (Lipinski definition) is 14. The number of amides is 2. The second-order valence-electron chi connectivity index (χ2n) is 7.74. The molecule has 2 aromatic heterocycles. The van der Waals surface area contributed by atoms with Gasteiger partial charge in [-0.2, -0.15) is 0 Å². The van der Waals surface area contributed by atoms with Crippen molar-refractivity contribution in [1.29, 1.82) is 0 Å². The van der Waals surface area contributed by atoms with Gasteiger partial charge in [0.2, 0.25) is 5.91 Å². The first-order valence-corrected chi connectivity index (χ1v) is 14.5. The molecule has 2 aliphatic heterocycles. The zero-order valence-electron chi connectivity index (χ0n) is 19.0. The van der Waals surface area contributed by atoms with E-state index < -0.39 is 23.3 Å². The molecule has 4 heterocycles. The molecule has 3 atom stereocenters. The second kappa shape index (κ2) is 11.7. The number of carboxylic acid groups (broad SMARTS) is 1. The molecule has 0 spiro atoms. The number of ether oxygens (including phenoxy) is 1. The molecular weight excluding hydrogens is 551 g/mol. The molecule has 0 aliphatic carbocycles. The van der Waals surface area contributed by atoms with Crippen LogP contribution in [0.2, 0.25) is 0 Å². The van der Waals surface area contributed by atoms with E-state index in [-0.39, 0.29) is 52.5 Å². The number of aliphatic carboxylic acids is 1. The standard InChI is InChI=1S/C19H23N7O6S4/c1-2-31-3-4-32-25-11(10-5-33-17(20)22-10)13(27)23-12-14(28)26-6-19(16(29)30,7-34-15(12)26)8-35-18-24-21-9-36-18/h5,9,12,15H,2-4,6-8H2,1H3,(H2,20,22)(H,23,27)(H,29,30)/t12?,15-,19?/m1/s1. The fourth-order valence-corrected chi connectivity index (χ4v) is 7.39. The molecule has 194 valence electrons. The minimum Gasteiger partial charge on any atom is -0.481 e. The van der Waals surface area contributed by atoms with E-state index in [9.17, 15) is 19.5 Å². The Hall–Kier alpha value is -2.47. The lowest BCUT2D eigenvalue weighted by Crippen LogP contribution is -2.74. The van der Waals surface area contributed by atoms with Crippen LogP contribution in [0.1, 0.15) is 12.6 Å². The summed E-state index contributed by atoms with van der Waals surface area (Å²) in [5.74, 6) is -1.46. The number of fused-ring (bicyclic) bond motifs is 1. The van der Waals surface area contributed by atoms with Gasteiger partial charge in [-0.05, 0) is 6.92 Å². The number of nitrogens with zero attached hydrogens (tertiary/aromatic N) is 5. The van der Waals surface area contributed by atoms with Crippen LogP contribution in [0, 0.1) is 5.41 Å². The molecule has 36 heavy (non-hydrogen) atoms. The summed E-state index contributed by atoms with van der Waals surface area (Å²) in [7, 11) is 0. The first-order chi connectivity index (χ1) is 17.3. The van der Waals surface area contributed by atoms with Crippen molar-refractivity contribution in [2.75, 3.05) is 43.6 Å². The summed E-state index contributed by atoms with van der Waals surface area (Å²) in [5.41, 5.74) is 6.26. The highest BCUT2D eigenvalue weighted by Crippen LogP contribution is 2.44. The highest BCUT2D eigenvalue weighted by atomic mass is 32.2. The Bertz CT molecular complexity index is 1130. The van der Waals surface area contributed by atoms with Gasteiger partial charge in [-0.15, -0.1) is 33.3 Å². The molecule has 0 radical (unpaired) electrons. The van der Waals surface area contributed by atoms with Crippen LogP contribution < -0.4 is 11.1 Å². The SMILES string of the molecule is CCOCCON=C(C(=O)NC1C(=O)N2CC(CSc3nncs3)(C(=O)O)CS[C@H]12)c1csc(N)n1. The van der Waals surface area contributed by atoms with E-state index >= 15 is 0 Å². The molecule has 17 heteroatoms. The minimum absolute atomic E-state index is 0.0428. The molecule has 2 aromatic rings. The summed E-state index contributed by atoms with van der Waals surface area (Å²) in [4.78, 5) is 48.9. The number of oxime groups is 1. The third-order valence-corrected chi connectivity index (χ3v) is 9.77. The Morgan fingerprint density at radius 1 is 1.42 bits per heavy atom. The van der Waals surface area contributed by atoms with E-state index in [1.807, 2.05) is 6.92 Å². The van der Waals surface area contributed by atoms with Gasteiger partial charge in [-0.1, -0.05) is 28.3 Å². The maximum absolute atomic E-state index is 13.0. The Morgan fingerprint density at radius 2 is 2.25 bits per heavy atom. The zero-order chi connectivity index (χ0) is 25.7. The average Bonchev–Trinajstić information content (AvgIpc) is 3.55. The van der Waals surface area contributed by atoms with Crippen molar-refractivity contribution in [2.45, 2.75) is 22.7 Å². The van der Waals surface area contributed by atoms with Gasteiger partial charge in [-0.25, -0.2) is 4.98 Å². The average molecular weight is 574 g/mol. The maximum atomic E-state index is 13.0. The van der Waals surface area contributed by atoms with Crippen molar-refractivity contribution in [1.82, 2.24) is 25.4 Å². The summed E-state index contributed by atoms with van der Waals surface area (Å²) in [6.07, 6.45) is 0. The van der Waals surface area contributed by atoms with Crippen molar-refractivity contribution in [3.63, 3.8) is 0 Å². The normalized spacial score (nSPS) is 23.6. The molecule has 2 unspecified atom stereocenters. The third-order valence-electron chi connectivity index (χ3n) is 5.36. The predicted octanol–water partition coefficient (Wildman–Crippen LogP) is 0.597. The van der Waals surface area contributed by atoms with Crippen LogP contribution in [0.15, 0.2) is 20.4 Å². The molecule has 0 aromatic carbocycles. The number of carbonyl (C=O) groups excluding carboxylic acids is 2. The number of nitrogens with two attached hydrogens (primary N) is 1. The molecule has 0 bridgehead atoms. The fraction of sp³-hybridized carbons (Fsp3) is 0.526. The zero-order valence-corrected chi connectivity index (χ0v) is 22.3. The molecule has 2 fully saturated rings. The quantitative estimate of drug-likeness (QED) is 0.106. The number of thioether (sulfide) groups is 2. The molecule has 2 saturated heterocycles. The number of thiazole rings is 1. The number of rotatable bonds is 12. The Labute approximate surface area is 222 Å². The molecule has 0 saturated carbocycles. The first kappa shape index (κ1) is 26.6. The van der Waals surface area contributed by atoms with Crippen LogP contribution in [-0.4, -0.2) is 98.0 Å². The van der Waals surface area contributed by atoms with Crippen molar-refractivity contribution in [3.05, 3.63) is 16.6 Å². The van der Waals surface area contributed by atoms with Crippen molar-refractivity contribution < 1.29 is 29.1 Å². The van der Waals surface area contributed by atoms with Crippen LogP contribution in [0.4, 0.5) is 5.13 Å². The van der Waals surface area contributed by atoms with Gasteiger partial charge in [0.1, 0.15) is 34.6 Å². The highest BCUT2D eigenvalue weighted by molar-refractivity contribution is 8.01. The van der Waals surface area contributed by atoms with Gasteiger partial charge in [-0.3, -0.25) is 14.4 Å². The molecular formula is C19H23N7O6S4. The largest absolute Gasteiger partial charge is 0.481 e. The first-order valence-electron chi connectivity index (χ1n) is 10.7. The van der Waals surface area contributed by atoms with Crippen molar-refractivity contribution in [3.8, 4) is 0 Å². The lowest BCUT2D eigenvalue weighted by molar-refractivity contribution is -0.157. The van der Waals surface area contributed by atoms with E-state index in [0.29, 0.717) is 17.6 Å². The van der Waals surface area contributed by atoms with Crippen LogP contribution in [0.25, 0.3) is 0 Å². The van der Waals surface area contributed by atoms with Gasteiger partial charge < -0.3 is 30.6 Å². The molecule has 2 amide bonds. The van der Waals surface area contributed by atoms with Crippen molar-refractivity contribution >= 4 is 74.8 Å². The smallest absolute Gasteiger partial charge is 0.313 e. The Morgan fingerprint density at radius 3 is 2.92 bits per heavy atom. The van der Waals surface area contributed by atoms with Crippen LogP contribution in [0.3, 0.4) is 0 Å². The summed E-state index contributed by atoms with van der Waals surface area (Å²) in [6, 6.07) is -0.824. The van der Waals surface area contributed by atoms with Gasteiger partial charge in [0.05, 0.1) is 6.61 Å². The summed E-state index contributed by atoms with van der Waals surface area (Å²) in [5, 5.41) is 25.7. The molecule has 2 aliphatic rings. The number of carbonyl (C=O) groups is 3. The summed E-state index contributed by atoms with van der Waals surface area (Å²) < 4.78 is 5.86. The monoisotopic (exact) mass is 573 g/mol. The predicted molar refractivity (Wildman–Crippen MR) is 136 cm³/mol. The molecule has 4 N–H and O–H groups in total. The van der Waals surface area contributed by atoms with Gasteiger partial charge in [0, 0.05) is 30.0 Å². The fourth-order valence-electron chi connectivity index (χ4n) is 3.49. The van der Waals surface area contributed by atoms with Gasteiger partial charge in [0.15, 0.2) is 15.2 Å². The number of β-lactam (4-membered cyclic amide) rings is 1. The van der Waals surface area contributed by atoms with Crippen LogP contribution in [0.5, 0.6) is 0 Å². The number of anilines is 1. The molecule has 4 rings (SSSR count). The van der Waals surface area contributed by atoms with Crippen molar-refractivity contribution in [2.24, 2.45) is 10.6 Å². The lowest BCUT2D eigenvalue weighted by Gasteiger charge is -2.53. The third kappa shape index (κ3) is 5.74. The maximum Gasteiger partial charge on any atom is 0.313 e. The number of nitrogens with one attached hydrogen (secondary N) is 1. The van der Waals surface area contributed by atoms with E-state index in [1.54, 1.807) is 10.9 Å². The van der Waals surface area contributed by atoms with E-state index in [2.05, 4.69) is 25.7 Å².